The van der Waals surface area contributed by atoms with Crippen LogP contribution in [0.4, 0.5) is 13.2 Å². The van der Waals surface area contributed by atoms with Crippen LogP contribution in [0, 0.1) is 11.8 Å². The van der Waals surface area contributed by atoms with Crippen LogP contribution < -0.4 is 4.74 Å². The molecule has 0 spiro atoms. The number of benzene rings is 1. The normalized spacial score (nSPS) is 20.8. The van der Waals surface area contributed by atoms with Crippen LogP contribution >= 0.6 is 0 Å². The number of hydrogen-bond donors (Lipinski definition) is 1. The number of nitrogens with zero attached hydrogens (tertiary/aromatic N) is 4. The van der Waals surface area contributed by atoms with E-state index in [1.807, 2.05) is 13.8 Å². The Bertz CT molecular complexity index is 1520. The molecule has 222 valence electrons. The van der Waals surface area contributed by atoms with E-state index in [0.29, 0.717) is 23.6 Å². The Morgan fingerprint density at radius 1 is 1.15 bits per heavy atom. The van der Waals surface area contributed by atoms with Gasteiger partial charge in [0.15, 0.2) is 0 Å². The first kappa shape index (κ1) is 29.3. The van der Waals surface area contributed by atoms with Gasteiger partial charge in [0.1, 0.15) is 4.90 Å². The van der Waals surface area contributed by atoms with Gasteiger partial charge < -0.3 is 9.84 Å². The van der Waals surface area contributed by atoms with Gasteiger partial charge in [-0.15, -0.1) is 0 Å². The lowest BCUT2D eigenvalue weighted by molar-refractivity contribution is -0.138. The van der Waals surface area contributed by atoms with E-state index in [9.17, 15) is 31.5 Å². The highest BCUT2D eigenvalue weighted by Crippen LogP contribution is 2.42. The Morgan fingerprint density at radius 3 is 2.49 bits per heavy atom. The molecule has 0 unspecified atom stereocenters. The Morgan fingerprint density at radius 2 is 1.88 bits per heavy atom. The number of carboxylic acid groups (broad SMARTS) is 1. The van der Waals surface area contributed by atoms with Crippen molar-refractivity contribution < 1.29 is 36.2 Å². The van der Waals surface area contributed by atoms with Crippen LogP contribution in [-0.2, 0) is 27.4 Å². The number of carbonyl (C=O) groups is 1. The average Bonchev–Trinajstić information content (AvgIpc) is 3.63. The van der Waals surface area contributed by atoms with Crippen LogP contribution in [0.25, 0.3) is 10.9 Å². The number of pyridine rings is 1. The average molecular weight is 595 g/mol. The van der Waals surface area contributed by atoms with Crippen molar-refractivity contribution in [3.8, 4) is 5.88 Å². The lowest BCUT2D eigenvalue weighted by atomic mass is 9.90. The predicted molar refractivity (Wildman–Crippen MR) is 144 cm³/mol. The van der Waals surface area contributed by atoms with E-state index in [2.05, 4.69) is 10.1 Å². The third kappa shape index (κ3) is 6.20. The number of halogens is 3. The molecule has 2 fully saturated rings. The van der Waals surface area contributed by atoms with Gasteiger partial charge in [0.25, 0.3) is 0 Å². The van der Waals surface area contributed by atoms with E-state index in [4.69, 9.17) is 4.74 Å². The second-order valence-electron chi connectivity index (χ2n) is 11.2. The second kappa shape index (κ2) is 11.2. The van der Waals surface area contributed by atoms with Crippen molar-refractivity contribution in [1.82, 2.24) is 19.1 Å². The summed E-state index contributed by atoms with van der Waals surface area (Å²) in [6, 6.07) is 5.50. The standard InChI is InChI=1S/C28H33F3N4O5S/c1-17(2)40-26-10-8-21(14-32-26)41(38,39)34-15-19(11-18-5-3-4-6-18)25(16-34)35-24-12-20(28(29,30)31)7-9-22(24)23(33-35)13-27(36)37/h7-10,12,14,17-19,25H,3-6,11,13,15-16H2,1-2H3,(H,36,37)/t19-,25+/m1/s1. The number of aliphatic carboxylic acids is 1. The van der Waals surface area contributed by atoms with E-state index >= 15 is 0 Å². The number of carboxylic acids is 1. The smallest absolute Gasteiger partial charge is 0.416 e. The van der Waals surface area contributed by atoms with E-state index in [1.54, 1.807) is 0 Å². The molecule has 2 aliphatic rings. The van der Waals surface area contributed by atoms with Gasteiger partial charge in [0.05, 0.1) is 41.5 Å². The number of sulfonamides is 1. The molecule has 0 bridgehead atoms. The topological polar surface area (TPSA) is 115 Å². The summed E-state index contributed by atoms with van der Waals surface area (Å²) in [6.45, 7) is 3.82. The molecule has 5 rings (SSSR count). The lowest BCUT2D eigenvalue weighted by Crippen LogP contribution is -2.29. The Labute approximate surface area is 236 Å². The number of ether oxygens (including phenoxy) is 1. The molecule has 13 heteroatoms. The number of alkyl halides is 3. The fraction of sp³-hybridized carbons (Fsp3) is 0.536. The minimum Gasteiger partial charge on any atom is -0.481 e. The molecule has 1 N–H and O–H groups in total. The first-order valence-electron chi connectivity index (χ1n) is 13.8. The Balaban J connectivity index is 1.54. The van der Waals surface area contributed by atoms with Crippen LogP contribution in [0.1, 0.15) is 63.3 Å². The van der Waals surface area contributed by atoms with E-state index in [0.717, 1.165) is 37.8 Å². The van der Waals surface area contributed by atoms with Crippen molar-refractivity contribution in [2.75, 3.05) is 13.1 Å². The Kier molecular flexibility index (Phi) is 8.03. The second-order valence-corrected chi connectivity index (χ2v) is 13.2. The van der Waals surface area contributed by atoms with Crippen molar-refractivity contribution in [3.05, 3.63) is 47.8 Å². The van der Waals surface area contributed by atoms with E-state index < -0.39 is 40.2 Å². The van der Waals surface area contributed by atoms with Crippen LogP contribution in [0.15, 0.2) is 41.4 Å². The number of hydrogen-bond acceptors (Lipinski definition) is 6. The number of rotatable bonds is 9. The van der Waals surface area contributed by atoms with Gasteiger partial charge in [-0.1, -0.05) is 31.7 Å². The van der Waals surface area contributed by atoms with Gasteiger partial charge in [0.2, 0.25) is 15.9 Å². The molecule has 1 saturated carbocycles. The quantitative estimate of drug-likeness (QED) is 0.357. The zero-order chi connectivity index (χ0) is 29.5. The van der Waals surface area contributed by atoms with E-state index in [1.165, 1.54) is 33.4 Å². The highest BCUT2D eigenvalue weighted by Gasteiger charge is 2.43. The van der Waals surface area contributed by atoms with Crippen molar-refractivity contribution in [2.45, 2.75) is 75.6 Å². The summed E-state index contributed by atoms with van der Waals surface area (Å²) in [4.78, 5) is 15.7. The summed E-state index contributed by atoms with van der Waals surface area (Å²) in [6.07, 6.45) is 0.941. The largest absolute Gasteiger partial charge is 0.481 e. The molecule has 0 amide bonds. The first-order valence-corrected chi connectivity index (χ1v) is 15.2. The Hall–Kier alpha value is -3.19. The van der Waals surface area contributed by atoms with E-state index in [-0.39, 0.29) is 41.2 Å². The fourth-order valence-corrected chi connectivity index (χ4v) is 7.54. The van der Waals surface area contributed by atoms with Crippen LogP contribution in [0.5, 0.6) is 5.88 Å². The summed E-state index contributed by atoms with van der Waals surface area (Å²) in [7, 11) is -3.99. The summed E-state index contributed by atoms with van der Waals surface area (Å²) in [5.41, 5.74) is -0.585. The van der Waals surface area contributed by atoms with Gasteiger partial charge in [-0.3, -0.25) is 9.48 Å². The molecule has 2 aromatic heterocycles. The van der Waals surface area contributed by atoms with Gasteiger partial charge in [-0.05, 0) is 50.3 Å². The molecule has 41 heavy (non-hydrogen) atoms. The highest BCUT2D eigenvalue weighted by molar-refractivity contribution is 7.89. The number of aromatic nitrogens is 3. The van der Waals surface area contributed by atoms with Crippen LogP contribution in [0.2, 0.25) is 0 Å². The highest BCUT2D eigenvalue weighted by atomic mass is 32.2. The lowest BCUT2D eigenvalue weighted by Gasteiger charge is -2.22. The third-order valence-corrected chi connectivity index (χ3v) is 9.75. The molecule has 1 aromatic carbocycles. The summed E-state index contributed by atoms with van der Waals surface area (Å²) >= 11 is 0. The molecule has 9 nitrogen and oxygen atoms in total. The fourth-order valence-electron chi connectivity index (χ4n) is 6.08. The molecule has 1 aliphatic carbocycles. The molecular weight excluding hydrogens is 561 g/mol. The maximum absolute atomic E-state index is 13.7. The van der Waals surface area contributed by atoms with Crippen LogP contribution in [-0.4, -0.2) is 57.8 Å². The van der Waals surface area contributed by atoms with Crippen molar-refractivity contribution >= 4 is 26.9 Å². The SMILES string of the molecule is CC(C)Oc1ccc(S(=O)(=O)N2C[C@@H](CC3CCCC3)[C@@H](n3nc(CC(=O)O)c4ccc(C(F)(F)F)cc43)C2)cn1. The van der Waals surface area contributed by atoms with Gasteiger partial charge in [0, 0.05) is 24.5 Å². The minimum atomic E-state index is -4.61. The maximum Gasteiger partial charge on any atom is 0.416 e. The molecule has 2 atom stereocenters. The molecule has 1 saturated heterocycles. The molecule has 1 aliphatic heterocycles. The first-order chi connectivity index (χ1) is 19.3. The van der Waals surface area contributed by atoms with Crippen molar-refractivity contribution in [1.29, 1.82) is 0 Å². The summed E-state index contributed by atoms with van der Waals surface area (Å²) in [5.74, 6) is -0.705. The zero-order valence-electron chi connectivity index (χ0n) is 22.8. The molecule has 3 aromatic rings. The summed E-state index contributed by atoms with van der Waals surface area (Å²) in [5, 5.41) is 14.3. The molecule has 0 radical (unpaired) electrons. The van der Waals surface area contributed by atoms with Crippen molar-refractivity contribution in [3.63, 3.8) is 0 Å². The number of fused-ring (bicyclic) bond motifs is 1. The minimum absolute atomic E-state index is 0.00915. The summed E-state index contributed by atoms with van der Waals surface area (Å²) < 4.78 is 76.7. The maximum atomic E-state index is 13.7. The molecule has 3 heterocycles. The zero-order valence-corrected chi connectivity index (χ0v) is 23.7. The monoisotopic (exact) mass is 594 g/mol. The van der Waals surface area contributed by atoms with Gasteiger partial charge >= 0.3 is 12.1 Å². The van der Waals surface area contributed by atoms with Gasteiger partial charge in [-0.2, -0.15) is 22.6 Å². The third-order valence-electron chi connectivity index (χ3n) is 7.93. The van der Waals surface area contributed by atoms with Crippen LogP contribution in [0.3, 0.4) is 0 Å². The molecular formula is C28H33F3N4O5S. The predicted octanol–water partition coefficient (Wildman–Crippen LogP) is 5.31. The van der Waals surface area contributed by atoms with Gasteiger partial charge in [-0.25, -0.2) is 13.4 Å². The van der Waals surface area contributed by atoms with Crippen molar-refractivity contribution in [2.24, 2.45) is 11.8 Å².